The van der Waals surface area contributed by atoms with Gasteiger partial charge < -0.3 is 14.5 Å². The number of hydrogen-bond donors (Lipinski definition) is 0. The van der Waals surface area contributed by atoms with Crippen LogP contribution in [0.25, 0.3) is 0 Å². The molecule has 1 fully saturated rings. The molecule has 1 aromatic rings. The highest BCUT2D eigenvalue weighted by Crippen LogP contribution is 2.32. The number of benzene rings is 1. The fraction of sp³-hybridized carbons (Fsp3) is 0.625. The van der Waals surface area contributed by atoms with Gasteiger partial charge in [0.25, 0.3) is 0 Å². The number of aryl methyl sites for hydroxylation is 1. The molecule has 0 saturated carbocycles. The van der Waals surface area contributed by atoms with Gasteiger partial charge >= 0.3 is 0 Å². The topological polar surface area (TPSA) is 15.7 Å². The van der Waals surface area contributed by atoms with Crippen LogP contribution in [0.5, 0.6) is 5.75 Å². The first-order valence-electron chi connectivity index (χ1n) is 7.24. The molecule has 0 unspecified atom stereocenters. The van der Waals surface area contributed by atoms with Gasteiger partial charge in [0.15, 0.2) is 0 Å². The molecule has 106 valence electrons. The lowest BCUT2D eigenvalue weighted by Gasteiger charge is -2.37. The van der Waals surface area contributed by atoms with Crippen LogP contribution in [0.3, 0.4) is 0 Å². The van der Waals surface area contributed by atoms with Gasteiger partial charge in [-0.25, -0.2) is 0 Å². The van der Waals surface area contributed by atoms with E-state index in [9.17, 15) is 0 Å². The van der Waals surface area contributed by atoms with Crippen molar-refractivity contribution in [3.8, 4) is 5.75 Å². The zero-order valence-corrected chi connectivity index (χ0v) is 12.6. The quantitative estimate of drug-likeness (QED) is 0.830. The van der Waals surface area contributed by atoms with Crippen LogP contribution < -0.4 is 9.64 Å². The van der Waals surface area contributed by atoms with Crippen molar-refractivity contribution in [2.45, 2.75) is 32.2 Å². The highest BCUT2D eigenvalue weighted by atomic mass is 16.5. The summed E-state index contributed by atoms with van der Waals surface area (Å²) in [6, 6.07) is 7.33. The van der Waals surface area contributed by atoms with Gasteiger partial charge in [-0.3, -0.25) is 0 Å². The van der Waals surface area contributed by atoms with Gasteiger partial charge in [-0.1, -0.05) is 13.0 Å². The van der Waals surface area contributed by atoms with Crippen molar-refractivity contribution in [2.24, 2.45) is 0 Å². The van der Waals surface area contributed by atoms with E-state index in [0.717, 1.165) is 31.3 Å². The van der Waals surface area contributed by atoms with Gasteiger partial charge in [0.2, 0.25) is 0 Å². The first kappa shape index (κ1) is 14.2. The van der Waals surface area contributed by atoms with Crippen LogP contribution in [0, 0.1) is 0 Å². The molecule has 1 saturated heterocycles. The predicted molar refractivity (Wildman–Crippen MR) is 81.3 cm³/mol. The molecule has 3 nitrogen and oxygen atoms in total. The summed E-state index contributed by atoms with van der Waals surface area (Å²) in [5, 5.41) is 0. The molecule has 0 bridgehead atoms. The van der Waals surface area contributed by atoms with Gasteiger partial charge in [0.05, 0.1) is 12.8 Å². The summed E-state index contributed by atoms with van der Waals surface area (Å²) in [6.07, 6.45) is 3.51. The second-order valence-electron chi connectivity index (χ2n) is 5.54. The first-order chi connectivity index (χ1) is 9.15. The fourth-order valence-corrected chi connectivity index (χ4v) is 2.83. The van der Waals surface area contributed by atoms with Crippen molar-refractivity contribution >= 4 is 5.69 Å². The Kier molecular flexibility index (Phi) is 4.70. The number of ether oxygens (including phenoxy) is 1. The van der Waals surface area contributed by atoms with E-state index >= 15 is 0 Å². The van der Waals surface area contributed by atoms with E-state index in [1.165, 1.54) is 24.1 Å². The van der Waals surface area contributed by atoms with Crippen molar-refractivity contribution in [3.05, 3.63) is 23.8 Å². The summed E-state index contributed by atoms with van der Waals surface area (Å²) >= 11 is 0. The van der Waals surface area contributed by atoms with Crippen molar-refractivity contribution in [3.63, 3.8) is 0 Å². The minimum Gasteiger partial charge on any atom is -0.495 e. The lowest BCUT2D eigenvalue weighted by Crippen LogP contribution is -2.42. The second-order valence-corrected chi connectivity index (χ2v) is 5.54. The summed E-state index contributed by atoms with van der Waals surface area (Å²) < 4.78 is 5.56. The molecule has 2 rings (SSSR count). The molecule has 0 aliphatic carbocycles. The van der Waals surface area contributed by atoms with Crippen molar-refractivity contribution in [2.75, 3.05) is 39.2 Å². The van der Waals surface area contributed by atoms with E-state index in [4.69, 9.17) is 4.74 Å². The van der Waals surface area contributed by atoms with Crippen LogP contribution in [0.15, 0.2) is 18.2 Å². The van der Waals surface area contributed by atoms with E-state index in [2.05, 4.69) is 49.0 Å². The van der Waals surface area contributed by atoms with E-state index < -0.39 is 0 Å². The first-order valence-corrected chi connectivity index (χ1v) is 7.24. The number of rotatable bonds is 4. The largest absolute Gasteiger partial charge is 0.495 e. The summed E-state index contributed by atoms with van der Waals surface area (Å²) in [5.74, 6) is 1.02. The molecule has 0 atom stereocenters. The van der Waals surface area contributed by atoms with E-state index in [1.54, 1.807) is 7.11 Å². The minimum absolute atomic E-state index is 0.720. The fourth-order valence-electron chi connectivity index (χ4n) is 2.83. The average molecular weight is 262 g/mol. The Bertz CT molecular complexity index is 409. The molecule has 1 aliphatic rings. The monoisotopic (exact) mass is 262 g/mol. The second kappa shape index (κ2) is 6.29. The van der Waals surface area contributed by atoms with Crippen LogP contribution in [-0.4, -0.2) is 45.2 Å². The van der Waals surface area contributed by atoms with Crippen molar-refractivity contribution in [1.29, 1.82) is 0 Å². The van der Waals surface area contributed by atoms with Crippen LogP contribution in [-0.2, 0) is 6.42 Å². The van der Waals surface area contributed by atoms with E-state index in [1.807, 2.05) is 0 Å². The zero-order chi connectivity index (χ0) is 13.8. The Labute approximate surface area is 117 Å². The van der Waals surface area contributed by atoms with Crippen LogP contribution >= 0.6 is 0 Å². The maximum absolute atomic E-state index is 5.56. The molecular weight excluding hydrogens is 236 g/mol. The van der Waals surface area contributed by atoms with E-state index in [-0.39, 0.29) is 0 Å². The molecular formula is C16H26N2O. The Morgan fingerprint density at radius 1 is 1.26 bits per heavy atom. The van der Waals surface area contributed by atoms with Crippen molar-refractivity contribution < 1.29 is 4.74 Å². The number of piperidine rings is 1. The van der Waals surface area contributed by atoms with Gasteiger partial charge in [-0.05, 0) is 51.1 Å². The molecule has 1 aliphatic heterocycles. The smallest absolute Gasteiger partial charge is 0.142 e. The van der Waals surface area contributed by atoms with Gasteiger partial charge in [0, 0.05) is 19.1 Å². The molecule has 3 heteroatoms. The summed E-state index contributed by atoms with van der Waals surface area (Å²) in [6.45, 7) is 4.41. The SMILES string of the molecule is CCc1ccc(N2CCC(N(C)C)CC2)c(OC)c1. The lowest BCUT2D eigenvalue weighted by molar-refractivity contribution is 0.249. The minimum atomic E-state index is 0.720. The maximum atomic E-state index is 5.56. The van der Waals surface area contributed by atoms with Crippen LogP contribution in [0.1, 0.15) is 25.3 Å². The third-order valence-electron chi connectivity index (χ3n) is 4.19. The Morgan fingerprint density at radius 2 is 1.95 bits per heavy atom. The molecule has 0 spiro atoms. The third kappa shape index (κ3) is 3.21. The van der Waals surface area contributed by atoms with Crippen LogP contribution in [0.4, 0.5) is 5.69 Å². The Morgan fingerprint density at radius 3 is 2.47 bits per heavy atom. The standard InChI is InChI=1S/C16H26N2O/c1-5-13-6-7-15(16(12-13)19-4)18-10-8-14(9-11-18)17(2)3/h6-7,12,14H,5,8-11H2,1-4H3. The molecule has 1 heterocycles. The maximum Gasteiger partial charge on any atom is 0.142 e. The molecule has 0 amide bonds. The summed E-state index contributed by atoms with van der Waals surface area (Å²) in [4.78, 5) is 4.80. The lowest BCUT2D eigenvalue weighted by atomic mass is 10.0. The molecule has 0 aromatic heterocycles. The number of hydrogen-bond acceptors (Lipinski definition) is 3. The molecule has 1 aromatic carbocycles. The summed E-state index contributed by atoms with van der Waals surface area (Å²) in [7, 11) is 6.12. The third-order valence-corrected chi connectivity index (χ3v) is 4.19. The summed E-state index contributed by atoms with van der Waals surface area (Å²) in [5.41, 5.74) is 2.58. The Hall–Kier alpha value is -1.22. The average Bonchev–Trinajstić information content (AvgIpc) is 2.46. The zero-order valence-electron chi connectivity index (χ0n) is 12.6. The van der Waals surface area contributed by atoms with Gasteiger partial charge in [-0.15, -0.1) is 0 Å². The highest BCUT2D eigenvalue weighted by molar-refractivity contribution is 5.60. The molecule has 0 N–H and O–H groups in total. The Balaban J connectivity index is 2.10. The molecule has 0 radical (unpaired) electrons. The highest BCUT2D eigenvalue weighted by Gasteiger charge is 2.22. The number of anilines is 1. The van der Waals surface area contributed by atoms with Gasteiger partial charge in [-0.2, -0.15) is 0 Å². The molecule has 19 heavy (non-hydrogen) atoms. The van der Waals surface area contributed by atoms with Gasteiger partial charge in [0.1, 0.15) is 5.75 Å². The van der Waals surface area contributed by atoms with E-state index in [0.29, 0.717) is 0 Å². The predicted octanol–water partition coefficient (Wildman–Crippen LogP) is 2.79. The number of nitrogens with zero attached hydrogens (tertiary/aromatic N) is 2. The van der Waals surface area contributed by atoms with Crippen LogP contribution in [0.2, 0.25) is 0 Å². The normalized spacial score (nSPS) is 17.0. The number of methoxy groups -OCH3 is 1. The van der Waals surface area contributed by atoms with Crippen molar-refractivity contribution in [1.82, 2.24) is 4.90 Å².